The summed E-state index contributed by atoms with van der Waals surface area (Å²) in [7, 11) is 0. The second-order valence-electron chi connectivity index (χ2n) is 6.13. The molecular formula is C17H25NO. The van der Waals surface area contributed by atoms with Gasteiger partial charge in [-0.2, -0.15) is 0 Å². The highest BCUT2D eigenvalue weighted by atomic mass is 16.5. The molecule has 1 fully saturated rings. The van der Waals surface area contributed by atoms with Gasteiger partial charge < -0.3 is 10.1 Å². The van der Waals surface area contributed by atoms with E-state index in [-0.39, 0.29) is 0 Å². The summed E-state index contributed by atoms with van der Waals surface area (Å²) in [6.07, 6.45) is 5.14. The number of benzene rings is 1. The van der Waals surface area contributed by atoms with Crippen LogP contribution in [0.1, 0.15) is 44.2 Å². The second kappa shape index (κ2) is 5.54. The molecule has 2 nitrogen and oxygen atoms in total. The van der Waals surface area contributed by atoms with E-state index < -0.39 is 0 Å². The molecule has 3 atom stereocenters. The van der Waals surface area contributed by atoms with Crippen LogP contribution in [0.5, 0.6) is 5.75 Å². The van der Waals surface area contributed by atoms with Crippen LogP contribution in [0.2, 0.25) is 0 Å². The molecule has 2 heteroatoms. The summed E-state index contributed by atoms with van der Waals surface area (Å²) in [5.74, 6) is 2.83. The summed E-state index contributed by atoms with van der Waals surface area (Å²) in [5, 5.41) is 3.76. The van der Waals surface area contributed by atoms with Crippen molar-refractivity contribution < 1.29 is 4.74 Å². The van der Waals surface area contributed by atoms with Gasteiger partial charge in [-0.25, -0.2) is 0 Å². The van der Waals surface area contributed by atoms with E-state index >= 15 is 0 Å². The van der Waals surface area contributed by atoms with Gasteiger partial charge in [-0.05, 0) is 41.9 Å². The van der Waals surface area contributed by atoms with Gasteiger partial charge in [0.05, 0.1) is 6.61 Å². The molecule has 1 aromatic rings. The quantitative estimate of drug-likeness (QED) is 0.893. The van der Waals surface area contributed by atoms with Gasteiger partial charge in [0.1, 0.15) is 5.75 Å². The van der Waals surface area contributed by atoms with Crippen LogP contribution in [-0.2, 0) is 13.0 Å². The van der Waals surface area contributed by atoms with Crippen molar-refractivity contribution in [1.82, 2.24) is 5.32 Å². The zero-order valence-corrected chi connectivity index (χ0v) is 12.1. The molecule has 0 aromatic heterocycles. The lowest BCUT2D eigenvalue weighted by Gasteiger charge is -2.21. The van der Waals surface area contributed by atoms with E-state index in [4.69, 9.17) is 4.74 Å². The minimum atomic E-state index is 0.703. The van der Waals surface area contributed by atoms with Crippen LogP contribution in [0.4, 0.5) is 0 Å². The maximum atomic E-state index is 5.56. The number of hydrogen-bond donors (Lipinski definition) is 1. The van der Waals surface area contributed by atoms with Gasteiger partial charge in [0.2, 0.25) is 0 Å². The van der Waals surface area contributed by atoms with E-state index in [0.717, 1.165) is 37.2 Å². The molecule has 0 radical (unpaired) electrons. The predicted molar refractivity (Wildman–Crippen MR) is 78.4 cm³/mol. The zero-order chi connectivity index (χ0) is 13.2. The highest BCUT2D eigenvalue weighted by Crippen LogP contribution is 2.34. The number of hydrogen-bond acceptors (Lipinski definition) is 2. The van der Waals surface area contributed by atoms with E-state index in [1.54, 1.807) is 0 Å². The third kappa shape index (κ3) is 2.64. The highest BCUT2D eigenvalue weighted by molar-refractivity contribution is 5.39. The average Bonchev–Trinajstić information content (AvgIpc) is 3.02. The van der Waals surface area contributed by atoms with Crippen molar-refractivity contribution in [3.8, 4) is 5.75 Å². The lowest BCUT2D eigenvalue weighted by atomic mass is 9.93. The molecule has 1 aromatic carbocycles. The van der Waals surface area contributed by atoms with E-state index in [2.05, 4.69) is 37.4 Å². The van der Waals surface area contributed by atoms with Crippen molar-refractivity contribution in [3.05, 3.63) is 29.3 Å². The molecular weight excluding hydrogens is 234 g/mol. The maximum absolute atomic E-state index is 5.56. The summed E-state index contributed by atoms with van der Waals surface area (Å²) >= 11 is 0. The Morgan fingerprint density at radius 2 is 2.21 bits per heavy atom. The monoisotopic (exact) mass is 259 g/mol. The fourth-order valence-electron chi connectivity index (χ4n) is 3.71. The van der Waals surface area contributed by atoms with E-state index in [0.29, 0.717) is 6.04 Å². The molecule has 1 aliphatic carbocycles. The van der Waals surface area contributed by atoms with Crippen molar-refractivity contribution in [2.45, 2.75) is 52.1 Å². The first-order valence-corrected chi connectivity index (χ1v) is 7.76. The van der Waals surface area contributed by atoms with Gasteiger partial charge in [0.15, 0.2) is 0 Å². The molecule has 0 bridgehead atoms. The lowest BCUT2D eigenvalue weighted by Crippen LogP contribution is -2.32. The normalized spacial score (nSPS) is 29.3. The largest absolute Gasteiger partial charge is 0.493 e. The SMILES string of the molecule is CCC1CCC(NCc2ccc3c(c2)CCO3)C1C. The first-order valence-electron chi connectivity index (χ1n) is 7.76. The fourth-order valence-corrected chi connectivity index (χ4v) is 3.71. The fraction of sp³-hybridized carbons (Fsp3) is 0.647. The Labute approximate surface area is 116 Å². The molecule has 1 saturated carbocycles. The summed E-state index contributed by atoms with van der Waals surface area (Å²) < 4.78 is 5.56. The number of rotatable bonds is 4. The van der Waals surface area contributed by atoms with Gasteiger partial charge in [-0.15, -0.1) is 0 Å². The summed E-state index contributed by atoms with van der Waals surface area (Å²) in [6.45, 7) is 6.59. The molecule has 19 heavy (non-hydrogen) atoms. The van der Waals surface area contributed by atoms with Crippen LogP contribution in [0.15, 0.2) is 18.2 Å². The first kappa shape index (κ1) is 13.0. The second-order valence-corrected chi connectivity index (χ2v) is 6.13. The molecule has 0 saturated heterocycles. The van der Waals surface area contributed by atoms with E-state index in [1.807, 2.05) is 0 Å². The van der Waals surface area contributed by atoms with Crippen molar-refractivity contribution in [1.29, 1.82) is 0 Å². The van der Waals surface area contributed by atoms with Gasteiger partial charge in [0.25, 0.3) is 0 Å². The molecule has 1 heterocycles. The first-order chi connectivity index (χ1) is 9.28. The molecule has 3 rings (SSSR count). The Hall–Kier alpha value is -1.02. The van der Waals surface area contributed by atoms with Crippen LogP contribution >= 0.6 is 0 Å². The van der Waals surface area contributed by atoms with Gasteiger partial charge in [-0.3, -0.25) is 0 Å². The Kier molecular flexibility index (Phi) is 3.79. The standard InChI is InChI=1S/C17H25NO/c1-3-14-5-6-16(12(14)2)18-11-13-4-7-17-15(10-13)8-9-19-17/h4,7,10,12,14,16,18H,3,5-6,8-9,11H2,1-2H3. The highest BCUT2D eigenvalue weighted by Gasteiger charge is 2.30. The van der Waals surface area contributed by atoms with Crippen LogP contribution in [-0.4, -0.2) is 12.6 Å². The number of ether oxygens (including phenoxy) is 1. The molecule has 2 aliphatic rings. The van der Waals surface area contributed by atoms with Crippen molar-refractivity contribution >= 4 is 0 Å². The average molecular weight is 259 g/mol. The Morgan fingerprint density at radius 1 is 1.32 bits per heavy atom. The van der Waals surface area contributed by atoms with Crippen LogP contribution in [0.25, 0.3) is 0 Å². The van der Waals surface area contributed by atoms with Gasteiger partial charge in [0, 0.05) is 19.0 Å². The Bertz CT molecular complexity index is 443. The topological polar surface area (TPSA) is 21.3 Å². The van der Waals surface area contributed by atoms with Gasteiger partial charge >= 0.3 is 0 Å². The van der Waals surface area contributed by atoms with Crippen molar-refractivity contribution in [2.75, 3.05) is 6.61 Å². The van der Waals surface area contributed by atoms with Crippen LogP contribution in [0, 0.1) is 11.8 Å². The number of nitrogens with one attached hydrogen (secondary N) is 1. The van der Waals surface area contributed by atoms with Crippen LogP contribution in [0.3, 0.4) is 0 Å². The molecule has 104 valence electrons. The number of fused-ring (bicyclic) bond motifs is 1. The summed E-state index contributed by atoms with van der Waals surface area (Å²) in [4.78, 5) is 0. The molecule has 3 unspecified atom stereocenters. The minimum Gasteiger partial charge on any atom is -0.493 e. The van der Waals surface area contributed by atoms with Gasteiger partial charge in [-0.1, -0.05) is 32.4 Å². The zero-order valence-electron chi connectivity index (χ0n) is 12.1. The third-order valence-corrected chi connectivity index (χ3v) is 5.07. The van der Waals surface area contributed by atoms with Crippen LogP contribution < -0.4 is 10.1 Å². The molecule has 1 N–H and O–H groups in total. The van der Waals surface area contributed by atoms with E-state index in [9.17, 15) is 0 Å². The minimum absolute atomic E-state index is 0.703. The summed E-state index contributed by atoms with van der Waals surface area (Å²) in [6, 6.07) is 7.35. The Balaban J connectivity index is 1.58. The molecule has 1 aliphatic heterocycles. The van der Waals surface area contributed by atoms with Crippen molar-refractivity contribution in [3.63, 3.8) is 0 Å². The van der Waals surface area contributed by atoms with E-state index in [1.165, 1.54) is 30.4 Å². The maximum Gasteiger partial charge on any atom is 0.122 e. The predicted octanol–water partition coefficient (Wildman–Crippen LogP) is 3.54. The Morgan fingerprint density at radius 3 is 3.00 bits per heavy atom. The third-order valence-electron chi connectivity index (χ3n) is 5.07. The molecule has 0 amide bonds. The lowest BCUT2D eigenvalue weighted by molar-refractivity contribution is 0.344. The van der Waals surface area contributed by atoms with Crippen molar-refractivity contribution in [2.24, 2.45) is 11.8 Å². The molecule has 0 spiro atoms. The smallest absolute Gasteiger partial charge is 0.122 e. The summed E-state index contributed by atoms with van der Waals surface area (Å²) in [5.41, 5.74) is 2.78.